The average Bonchev–Trinajstić information content (AvgIpc) is 2.53. The van der Waals surface area contributed by atoms with Gasteiger partial charge in [0.2, 0.25) is 6.10 Å². The highest BCUT2D eigenvalue weighted by molar-refractivity contribution is 5.83. The fraction of sp³-hybridized carbons (Fsp3) is 0.882. The Morgan fingerprint density at radius 1 is 1.19 bits per heavy atom. The first-order valence-electron chi connectivity index (χ1n) is 7.68. The van der Waals surface area contributed by atoms with Crippen molar-refractivity contribution in [2.45, 2.75) is 80.4 Å². The molecule has 3 atom stereocenters. The molecule has 4 heteroatoms. The van der Waals surface area contributed by atoms with Crippen LogP contribution in [0, 0.1) is 16.2 Å². The number of ether oxygens (including phenoxy) is 2. The van der Waals surface area contributed by atoms with Gasteiger partial charge in [-0.1, -0.05) is 41.5 Å². The third-order valence-electron chi connectivity index (χ3n) is 4.37. The van der Waals surface area contributed by atoms with Gasteiger partial charge in [-0.2, -0.15) is 0 Å². The molecule has 21 heavy (non-hydrogen) atoms. The van der Waals surface area contributed by atoms with Crippen molar-refractivity contribution in [1.82, 2.24) is 0 Å². The lowest BCUT2D eigenvalue weighted by Crippen LogP contribution is -2.45. The van der Waals surface area contributed by atoms with Gasteiger partial charge in [0.25, 0.3) is 0 Å². The van der Waals surface area contributed by atoms with Gasteiger partial charge in [-0.3, -0.25) is 4.79 Å². The Balaban J connectivity index is 2.94. The summed E-state index contributed by atoms with van der Waals surface area (Å²) < 4.78 is 10.6. The summed E-state index contributed by atoms with van der Waals surface area (Å²) in [5, 5.41) is 0. The Kier molecular flexibility index (Phi) is 4.81. The number of esters is 2. The molecule has 122 valence electrons. The summed E-state index contributed by atoms with van der Waals surface area (Å²) >= 11 is 0. The molecule has 0 aromatic rings. The summed E-state index contributed by atoms with van der Waals surface area (Å²) in [6.07, 6.45) is 0.202. The van der Waals surface area contributed by atoms with E-state index in [4.69, 9.17) is 9.47 Å². The number of rotatable bonds is 3. The average molecular weight is 298 g/mol. The van der Waals surface area contributed by atoms with Crippen molar-refractivity contribution in [2.75, 3.05) is 0 Å². The molecule has 0 radical (unpaired) electrons. The first-order valence-corrected chi connectivity index (χ1v) is 7.68. The van der Waals surface area contributed by atoms with Gasteiger partial charge in [0.1, 0.15) is 6.10 Å². The van der Waals surface area contributed by atoms with Gasteiger partial charge >= 0.3 is 11.9 Å². The van der Waals surface area contributed by atoms with Crippen LogP contribution in [-0.4, -0.2) is 24.1 Å². The van der Waals surface area contributed by atoms with E-state index < -0.39 is 17.5 Å². The lowest BCUT2D eigenvalue weighted by Gasteiger charge is -2.43. The van der Waals surface area contributed by atoms with Crippen LogP contribution in [0.5, 0.6) is 0 Å². The van der Waals surface area contributed by atoms with Crippen LogP contribution in [0.4, 0.5) is 0 Å². The highest BCUT2D eigenvalue weighted by atomic mass is 16.6. The lowest BCUT2D eigenvalue weighted by atomic mass is 9.61. The minimum Gasteiger partial charge on any atom is -0.460 e. The maximum Gasteiger partial charge on any atom is 0.347 e. The fourth-order valence-electron chi connectivity index (χ4n) is 2.78. The van der Waals surface area contributed by atoms with Gasteiger partial charge in [-0.15, -0.1) is 0 Å². The second-order valence-electron chi connectivity index (χ2n) is 8.70. The number of cyclic esters (lactones) is 1. The van der Waals surface area contributed by atoms with E-state index in [-0.39, 0.29) is 22.9 Å². The largest absolute Gasteiger partial charge is 0.460 e. The minimum absolute atomic E-state index is 0.00940. The van der Waals surface area contributed by atoms with Crippen molar-refractivity contribution in [1.29, 1.82) is 0 Å². The van der Waals surface area contributed by atoms with Crippen LogP contribution in [0.15, 0.2) is 0 Å². The first kappa shape index (κ1) is 18.0. The van der Waals surface area contributed by atoms with E-state index in [1.54, 1.807) is 0 Å². The lowest BCUT2D eigenvalue weighted by molar-refractivity contribution is -0.175. The Morgan fingerprint density at radius 3 is 2.05 bits per heavy atom. The molecular formula is C17H30O4. The maximum absolute atomic E-state index is 12.8. The quantitative estimate of drug-likeness (QED) is 0.745. The van der Waals surface area contributed by atoms with Gasteiger partial charge < -0.3 is 9.47 Å². The SMILES string of the molecule is CC1CC(OC(=O)C(C)(CC(C)(C)C)C(C)(C)C)C(=O)O1. The number of carbonyl (C=O) groups is 2. The summed E-state index contributed by atoms with van der Waals surface area (Å²) in [6, 6.07) is 0. The molecule has 0 N–H and O–H groups in total. The Labute approximate surface area is 128 Å². The molecule has 1 aliphatic heterocycles. The summed E-state index contributed by atoms with van der Waals surface area (Å²) in [4.78, 5) is 24.5. The fourth-order valence-corrected chi connectivity index (χ4v) is 2.78. The van der Waals surface area contributed by atoms with Gasteiger partial charge in [0.15, 0.2) is 0 Å². The minimum atomic E-state index is -0.755. The van der Waals surface area contributed by atoms with Crippen molar-refractivity contribution in [3.8, 4) is 0 Å². The standard InChI is InChI=1S/C17H30O4/c1-11-9-12(13(18)20-11)21-14(19)17(8,16(5,6)7)10-15(2,3)4/h11-12H,9-10H2,1-8H3. The van der Waals surface area contributed by atoms with E-state index in [1.165, 1.54) is 0 Å². The van der Waals surface area contributed by atoms with Crippen LogP contribution in [0.25, 0.3) is 0 Å². The normalized spacial score (nSPS) is 26.2. The molecule has 1 rings (SSSR count). The first-order chi connectivity index (χ1) is 9.26. The molecule has 0 aromatic carbocycles. The molecule has 0 amide bonds. The van der Waals surface area contributed by atoms with Crippen molar-refractivity contribution in [3.05, 3.63) is 0 Å². The van der Waals surface area contributed by atoms with E-state index >= 15 is 0 Å². The molecule has 0 bridgehead atoms. The topological polar surface area (TPSA) is 52.6 Å². The summed E-state index contributed by atoms with van der Waals surface area (Å²) in [5.41, 5.74) is -0.923. The van der Waals surface area contributed by atoms with E-state index in [1.807, 2.05) is 34.6 Å². The number of carbonyl (C=O) groups excluding carboxylic acids is 2. The smallest absolute Gasteiger partial charge is 0.347 e. The molecule has 1 aliphatic rings. The van der Waals surface area contributed by atoms with Crippen LogP contribution >= 0.6 is 0 Å². The van der Waals surface area contributed by atoms with Crippen LogP contribution < -0.4 is 0 Å². The monoisotopic (exact) mass is 298 g/mol. The van der Waals surface area contributed by atoms with Gasteiger partial charge in [-0.05, 0) is 31.1 Å². The number of hydrogen-bond acceptors (Lipinski definition) is 4. The van der Waals surface area contributed by atoms with Gasteiger partial charge in [0.05, 0.1) is 5.41 Å². The summed E-state index contributed by atoms with van der Waals surface area (Å²) in [6.45, 7) is 16.2. The zero-order valence-electron chi connectivity index (χ0n) is 14.7. The molecule has 0 aromatic heterocycles. The van der Waals surface area contributed by atoms with Crippen molar-refractivity contribution in [3.63, 3.8) is 0 Å². The zero-order valence-corrected chi connectivity index (χ0v) is 14.7. The summed E-state index contributed by atoms with van der Waals surface area (Å²) in [5.74, 6) is -0.733. The second-order valence-corrected chi connectivity index (χ2v) is 8.70. The molecule has 1 saturated heterocycles. The Morgan fingerprint density at radius 2 is 1.71 bits per heavy atom. The highest BCUT2D eigenvalue weighted by Crippen LogP contribution is 2.47. The molecule has 4 nitrogen and oxygen atoms in total. The predicted octanol–water partition coefficient (Wildman–Crippen LogP) is 3.72. The second kappa shape index (κ2) is 5.62. The summed E-state index contributed by atoms with van der Waals surface area (Å²) in [7, 11) is 0. The molecule has 1 fully saturated rings. The van der Waals surface area contributed by atoms with Crippen LogP contribution in [0.1, 0.15) is 68.2 Å². The third-order valence-corrected chi connectivity index (χ3v) is 4.37. The molecule has 0 spiro atoms. The molecular weight excluding hydrogens is 268 g/mol. The third kappa shape index (κ3) is 4.21. The van der Waals surface area contributed by atoms with E-state index in [2.05, 4.69) is 20.8 Å². The van der Waals surface area contributed by atoms with Crippen molar-refractivity contribution < 1.29 is 19.1 Å². The van der Waals surface area contributed by atoms with Crippen molar-refractivity contribution >= 4 is 11.9 Å². The van der Waals surface area contributed by atoms with Crippen LogP contribution in [0.2, 0.25) is 0 Å². The Hall–Kier alpha value is -1.06. The van der Waals surface area contributed by atoms with Crippen LogP contribution in [-0.2, 0) is 19.1 Å². The van der Waals surface area contributed by atoms with Crippen LogP contribution in [0.3, 0.4) is 0 Å². The predicted molar refractivity (Wildman–Crippen MR) is 81.7 cm³/mol. The number of hydrogen-bond donors (Lipinski definition) is 0. The molecule has 3 unspecified atom stereocenters. The molecule has 0 saturated carbocycles. The highest BCUT2D eigenvalue weighted by Gasteiger charge is 2.49. The maximum atomic E-state index is 12.8. The Bertz CT molecular complexity index is 413. The van der Waals surface area contributed by atoms with E-state index in [0.717, 1.165) is 0 Å². The van der Waals surface area contributed by atoms with Crippen molar-refractivity contribution in [2.24, 2.45) is 16.2 Å². The van der Waals surface area contributed by atoms with E-state index in [0.29, 0.717) is 12.8 Å². The molecule has 1 heterocycles. The zero-order chi connectivity index (χ0) is 16.6. The van der Waals surface area contributed by atoms with Gasteiger partial charge in [0, 0.05) is 6.42 Å². The van der Waals surface area contributed by atoms with E-state index in [9.17, 15) is 9.59 Å². The molecule has 0 aliphatic carbocycles. The van der Waals surface area contributed by atoms with Gasteiger partial charge in [-0.25, -0.2) is 4.79 Å².